The van der Waals surface area contributed by atoms with Crippen molar-refractivity contribution >= 4 is 22.2 Å². The first-order valence-electron chi connectivity index (χ1n) is 18.1. The van der Waals surface area contributed by atoms with E-state index in [0.717, 1.165) is 5.56 Å². The van der Waals surface area contributed by atoms with E-state index in [9.17, 15) is 23.1 Å². The molecule has 2 saturated heterocycles. The number of aliphatic hydroxyl groups excluding tert-OH is 1. The summed E-state index contributed by atoms with van der Waals surface area (Å²) in [4.78, 5) is 25.1. The van der Waals surface area contributed by atoms with Gasteiger partial charge >= 0.3 is 12.2 Å². The average Bonchev–Trinajstić information content (AvgIpc) is 3.84. The number of hydrogen-bond acceptors (Lipinski definition) is 12. The van der Waals surface area contributed by atoms with Gasteiger partial charge in [0, 0.05) is 25.7 Å². The molecule has 0 aromatic heterocycles. The van der Waals surface area contributed by atoms with Crippen molar-refractivity contribution in [1.82, 2.24) is 14.9 Å². The van der Waals surface area contributed by atoms with Gasteiger partial charge in [-0.1, -0.05) is 26.0 Å². The zero-order valence-corrected chi connectivity index (χ0v) is 31.9. The Morgan fingerprint density at radius 3 is 2.49 bits per heavy atom. The number of rotatable bonds is 17. The van der Waals surface area contributed by atoms with Crippen molar-refractivity contribution in [2.75, 3.05) is 46.2 Å². The SMILES string of the molecule is CC(C)CN(C[C@@H](O)[C@H](Cc1ccc(OCCCCNC(=O)OC(C)(C)C)cc1)NC(=O)O[C@H]1CO[C@H]2OCC[C@H]21)S(=O)(=O)c1ccc2c(c1)OCO2. The van der Waals surface area contributed by atoms with Gasteiger partial charge < -0.3 is 48.9 Å². The monoisotopic (exact) mass is 763 g/mol. The summed E-state index contributed by atoms with van der Waals surface area (Å²) < 4.78 is 67.9. The topological polar surface area (TPSA) is 180 Å². The number of fused-ring (bicyclic) bond motifs is 2. The first-order chi connectivity index (χ1) is 25.2. The normalized spacial score (nSPS) is 20.6. The van der Waals surface area contributed by atoms with E-state index in [2.05, 4.69) is 10.6 Å². The Balaban J connectivity index is 1.23. The van der Waals surface area contributed by atoms with Crippen molar-refractivity contribution in [1.29, 1.82) is 0 Å². The Morgan fingerprint density at radius 1 is 1.00 bits per heavy atom. The highest BCUT2D eigenvalue weighted by Crippen LogP contribution is 2.35. The molecular formula is C37H53N3O12S. The number of unbranched alkanes of at least 4 members (excludes halogenated alkanes) is 1. The number of sulfonamides is 1. The largest absolute Gasteiger partial charge is 0.494 e. The van der Waals surface area contributed by atoms with Crippen LogP contribution in [0.2, 0.25) is 0 Å². The molecule has 3 aliphatic rings. The molecule has 15 nitrogen and oxygen atoms in total. The van der Waals surface area contributed by atoms with Crippen LogP contribution in [0.4, 0.5) is 9.59 Å². The van der Waals surface area contributed by atoms with E-state index in [4.69, 9.17) is 33.2 Å². The van der Waals surface area contributed by atoms with E-state index < -0.39 is 52.4 Å². The molecule has 3 aliphatic heterocycles. The molecule has 0 aliphatic carbocycles. The molecule has 3 N–H and O–H groups in total. The second-order valence-electron chi connectivity index (χ2n) is 14.9. The predicted octanol–water partition coefficient (Wildman–Crippen LogP) is 4.21. The lowest BCUT2D eigenvalue weighted by Gasteiger charge is -2.31. The van der Waals surface area contributed by atoms with Crippen molar-refractivity contribution < 1.29 is 56.3 Å². The molecule has 0 saturated carbocycles. The molecule has 53 heavy (non-hydrogen) atoms. The van der Waals surface area contributed by atoms with Crippen LogP contribution in [0.15, 0.2) is 47.4 Å². The molecule has 0 unspecified atom stereocenters. The summed E-state index contributed by atoms with van der Waals surface area (Å²) in [7, 11) is -4.09. The number of nitrogens with zero attached hydrogens (tertiary/aromatic N) is 1. The third-order valence-electron chi connectivity index (χ3n) is 8.84. The molecule has 0 spiro atoms. The number of ether oxygens (including phenoxy) is 7. The Hall–Kier alpha value is -3.83. The smallest absolute Gasteiger partial charge is 0.407 e. The van der Waals surface area contributed by atoms with Crippen LogP contribution in [0.1, 0.15) is 59.4 Å². The molecule has 5 rings (SSSR count). The molecule has 2 aromatic rings. The van der Waals surface area contributed by atoms with Crippen molar-refractivity contribution in [3.63, 3.8) is 0 Å². The third kappa shape index (κ3) is 11.6. The first-order valence-corrected chi connectivity index (χ1v) is 19.6. The molecule has 5 atom stereocenters. The quantitative estimate of drug-likeness (QED) is 0.196. The highest BCUT2D eigenvalue weighted by atomic mass is 32.2. The number of carbonyl (C=O) groups is 2. The van der Waals surface area contributed by atoms with Gasteiger partial charge in [-0.3, -0.25) is 0 Å². The zero-order valence-electron chi connectivity index (χ0n) is 31.1. The third-order valence-corrected chi connectivity index (χ3v) is 10.7. The lowest BCUT2D eigenvalue weighted by atomic mass is 10.0. The maximum atomic E-state index is 13.9. The van der Waals surface area contributed by atoms with E-state index >= 15 is 0 Å². The number of hydrogen-bond donors (Lipinski definition) is 3. The van der Waals surface area contributed by atoms with Gasteiger partial charge in [0.1, 0.15) is 17.5 Å². The first kappa shape index (κ1) is 40.4. The minimum Gasteiger partial charge on any atom is -0.494 e. The maximum Gasteiger partial charge on any atom is 0.407 e. The second-order valence-corrected chi connectivity index (χ2v) is 16.8. The van der Waals surface area contributed by atoms with Crippen molar-refractivity contribution in [2.45, 2.75) is 95.3 Å². The molecule has 2 amide bonds. The molecule has 0 radical (unpaired) electrons. The number of benzene rings is 2. The van der Waals surface area contributed by atoms with Crippen LogP contribution in [-0.4, -0.2) is 106 Å². The van der Waals surface area contributed by atoms with E-state index in [0.29, 0.717) is 56.3 Å². The van der Waals surface area contributed by atoms with Crippen molar-refractivity contribution in [2.24, 2.45) is 11.8 Å². The number of amides is 2. The fourth-order valence-electron chi connectivity index (χ4n) is 6.25. The number of aliphatic hydroxyl groups is 1. The summed E-state index contributed by atoms with van der Waals surface area (Å²) in [6.07, 6.45) is -1.15. The van der Waals surface area contributed by atoms with E-state index in [1.807, 2.05) is 46.8 Å². The van der Waals surface area contributed by atoms with Crippen LogP contribution >= 0.6 is 0 Å². The summed E-state index contributed by atoms with van der Waals surface area (Å²) in [6, 6.07) is 10.7. The molecule has 2 aromatic carbocycles. The van der Waals surface area contributed by atoms with Crippen molar-refractivity contribution in [3.05, 3.63) is 48.0 Å². The Kier molecular flexibility index (Phi) is 13.7. The predicted molar refractivity (Wildman–Crippen MR) is 192 cm³/mol. The van der Waals surface area contributed by atoms with Gasteiger partial charge in [0.05, 0.1) is 42.8 Å². The van der Waals surface area contributed by atoms with Gasteiger partial charge in [-0.05, 0) is 82.2 Å². The van der Waals surface area contributed by atoms with Gasteiger partial charge in [-0.15, -0.1) is 0 Å². The second kappa shape index (κ2) is 18.0. The number of nitrogens with one attached hydrogen (secondary N) is 2. The number of carbonyl (C=O) groups excluding carboxylic acids is 2. The summed E-state index contributed by atoms with van der Waals surface area (Å²) in [5.41, 5.74) is 0.214. The molecule has 2 fully saturated rings. The fourth-order valence-corrected chi connectivity index (χ4v) is 7.89. The van der Waals surface area contributed by atoms with Crippen LogP contribution < -0.4 is 24.8 Å². The summed E-state index contributed by atoms with van der Waals surface area (Å²) in [6.45, 7) is 10.6. The summed E-state index contributed by atoms with van der Waals surface area (Å²) in [5, 5.41) is 17.2. The minimum absolute atomic E-state index is 0.000311. The lowest BCUT2D eigenvalue weighted by Crippen LogP contribution is -2.51. The molecule has 3 heterocycles. The van der Waals surface area contributed by atoms with E-state index in [-0.39, 0.29) is 49.6 Å². The number of alkyl carbamates (subject to hydrolysis) is 2. The van der Waals surface area contributed by atoms with Gasteiger partial charge in [0.2, 0.25) is 16.8 Å². The lowest BCUT2D eigenvalue weighted by molar-refractivity contribution is -0.0907. The van der Waals surface area contributed by atoms with Crippen LogP contribution in [0, 0.1) is 11.8 Å². The van der Waals surface area contributed by atoms with Crippen LogP contribution in [0.3, 0.4) is 0 Å². The van der Waals surface area contributed by atoms with E-state index in [1.54, 1.807) is 18.2 Å². The van der Waals surface area contributed by atoms with Crippen LogP contribution in [-0.2, 0) is 35.4 Å². The Bertz CT molecular complexity index is 1630. The van der Waals surface area contributed by atoms with Gasteiger partial charge in [-0.2, -0.15) is 4.31 Å². The molecule has 16 heteroatoms. The van der Waals surface area contributed by atoms with Gasteiger partial charge in [0.15, 0.2) is 17.8 Å². The highest BCUT2D eigenvalue weighted by Gasteiger charge is 2.44. The van der Waals surface area contributed by atoms with Crippen LogP contribution in [0.25, 0.3) is 0 Å². The minimum atomic E-state index is -4.09. The van der Waals surface area contributed by atoms with Crippen LogP contribution in [0.5, 0.6) is 17.2 Å². The van der Waals surface area contributed by atoms with E-state index in [1.165, 1.54) is 16.4 Å². The summed E-state index contributed by atoms with van der Waals surface area (Å²) in [5.74, 6) is 1.26. The molecular weight excluding hydrogens is 710 g/mol. The molecule has 294 valence electrons. The highest BCUT2D eigenvalue weighted by molar-refractivity contribution is 7.89. The Labute approximate surface area is 311 Å². The molecule has 0 bridgehead atoms. The average molecular weight is 764 g/mol. The standard InChI is InChI=1S/C37H53N3O12S/c1-24(2)20-40(53(44,45)27-12-13-31-32(19-27)50-23-49-31)21-30(41)29(39-36(43)51-33-22-48-34-28(33)14-17-47-34)18-25-8-10-26(11-9-25)46-16-7-6-15-38-35(42)52-37(3,4)5/h8-13,19,24,28-30,33-34,41H,6-7,14-18,20-23H2,1-5H3,(H,38,42)(H,39,43)/t28-,29-,30+,33-,34+/m0/s1. The summed E-state index contributed by atoms with van der Waals surface area (Å²) >= 11 is 0. The van der Waals surface area contributed by atoms with Crippen molar-refractivity contribution in [3.8, 4) is 17.2 Å². The van der Waals surface area contributed by atoms with Gasteiger partial charge in [0.25, 0.3) is 0 Å². The zero-order chi connectivity index (χ0) is 38.2. The fraction of sp³-hybridized carbons (Fsp3) is 0.622. The maximum absolute atomic E-state index is 13.9. The van der Waals surface area contributed by atoms with Gasteiger partial charge in [-0.25, -0.2) is 18.0 Å². The Morgan fingerprint density at radius 2 is 1.75 bits per heavy atom.